The molecule has 1 unspecified atom stereocenters. The van der Waals surface area contributed by atoms with Crippen LogP contribution in [-0.4, -0.2) is 30.1 Å². The second kappa shape index (κ2) is 6.90. The summed E-state index contributed by atoms with van der Waals surface area (Å²) in [6.07, 6.45) is -4.10. The van der Waals surface area contributed by atoms with Crippen molar-refractivity contribution >= 4 is 11.6 Å². The third-order valence-corrected chi connectivity index (χ3v) is 2.48. The highest BCUT2D eigenvalue weighted by Crippen LogP contribution is 2.12. The fourth-order valence-corrected chi connectivity index (χ4v) is 1.41. The Morgan fingerprint density at radius 3 is 2.67 bits per heavy atom. The van der Waals surface area contributed by atoms with Crippen molar-refractivity contribution in [3.63, 3.8) is 0 Å². The van der Waals surface area contributed by atoms with E-state index in [0.29, 0.717) is 12.1 Å². The lowest BCUT2D eigenvalue weighted by Crippen LogP contribution is -2.35. The highest BCUT2D eigenvalue weighted by Gasteiger charge is 2.17. The van der Waals surface area contributed by atoms with Crippen molar-refractivity contribution < 1.29 is 18.7 Å². The van der Waals surface area contributed by atoms with Crippen molar-refractivity contribution in [3.05, 3.63) is 29.8 Å². The van der Waals surface area contributed by atoms with Gasteiger partial charge in [-0.15, -0.1) is 0 Å². The molecule has 0 aromatic heterocycles. The molecule has 1 aromatic rings. The molecule has 1 aromatic carbocycles. The number of nitrogen functional groups attached to an aromatic ring is 1. The van der Waals surface area contributed by atoms with Gasteiger partial charge in [0.25, 0.3) is 6.43 Å². The first-order valence-electron chi connectivity index (χ1n) is 5.57. The summed E-state index contributed by atoms with van der Waals surface area (Å²) < 4.78 is 23.9. The second-order valence-corrected chi connectivity index (χ2v) is 3.90. The molecule has 0 saturated heterocycles. The fraction of sp³-hybridized carbons (Fsp3) is 0.417. The van der Waals surface area contributed by atoms with Gasteiger partial charge in [0.05, 0.1) is 0 Å². The number of nitrogens with two attached hydrogens (primary N) is 1. The minimum atomic E-state index is -2.85. The molecule has 0 aliphatic carbocycles. The van der Waals surface area contributed by atoms with Gasteiger partial charge in [-0.3, -0.25) is 4.79 Å². The summed E-state index contributed by atoms with van der Waals surface area (Å²) >= 11 is 0. The van der Waals surface area contributed by atoms with Gasteiger partial charge in [-0.2, -0.15) is 0 Å². The topological polar surface area (TPSA) is 75.4 Å². The Morgan fingerprint density at radius 2 is 2.06 bits per heavy atom. The van der Waals surface area contributed by atoms with Gasteiger partial charge < -0.3 is 16.2 Å². The number of hydrogen-bond acceptors (Lipinski definition) is 3. The molecule has 0 aliphatic heterocycles. The van der Waals surface area contributed by atoms with E-state index in [0.717, 1.165) is 5.56 Å². The average Bonchev–Trinajstić information content (AvgIpc) is 2.34. The van der Waals surface area contributed by atoms with E-state index in [1.807, 2.05) is 6.07 Å². The number of aliphatic hydroxyl groups excluding tert-OH is 1. The summed E-state index contributed by atoms with van der Waals surface area (Å²) in [6.45, 7) is -0.444. The molecule has 100 valence electrons. The molecule has 4 N–H and O–H groups in total. The highest BCUT2D eigenvalue weighted by molar-refractivity contribution is 5.76. The lowest BCUT2D eigenvalue weighted by atomic mass is 10.1. The maximum absolute atomic E-state index is 12.0. The molecule has 1 rings (SSSR count). The van der Waals surface area contributed by atoms with Crippen LogP contribution < -0.4 is 11.1 Å². The van der Waals surface area contributed by atoms with Crippen LogP contribution in [0.1, 0.15) is 12.0 Å². The molecule has 18 heavy (non-hydrogen) atoms. The number of benzene rings is 1. The zero-order valence-corrected chi connectivity index (χ0v) is 9.77. The van der Waals surface area contributed by atoms with Crippen LogP contribution in [0.25, 0.3) is 0 Å². The first-order chi connectivity index (χ1) is 8.50. The number of aryl methyl sites for hydroxylation is 1. The largest absolute Gasteiger partial charge is 0.399 e. The van der Waals surface area contributed by atoms with Gasteiger partial charge in [0.2, 0.25) is 5.91 Å². The summed E-state index contributed by atoms with van der Waals surface area (Å²) in [7, 11) is 0. The van der Waals surface area contributed by atoms with E-state index in [4.69, 9.17) is 10.8 Å². The van der Waals surface area contributed by atoms with Gasteiger partial charge in [-0.25, -0.2) is 8.78 Å². The predicted octanol–water partition coefficient (Wildman–Crippen LogP) is 0.944. The smallest absolute Gasteiger partial charge is 0.265 e. The summed E-state index contributed by atoms with van der Waals surface area (Å²) in [5.41, 5.74) is 7.13. The number of amides is 1. The maximum Gasteiger partial charge on any atom is 0.265 e. The number of anilines is 1. The number of para-hydroxylation sites is 1. The standard InChI is InChI=1S/C12H16F2N2O2/c13-12(14)10(17)7-16-11(18)6-5-8-3-1-2-4-9(8)15/h1-4,10,12,17H,5-7,15H2,(H,16,18). The molecule has 0 bridgehead atoms. The van der Waals surface area contributed by atoms with Crippen LogP contribution in [0.2, 0.25) is 0 Å². The zero-order chi connectivity index (χ0) is 13.5. The van der Waals surface area contributed by atoms with Crippen molar-refractivity contribution in [3.8, 4) is 0 Å². The molecule has 4 nitrogen and oxygen atoms in total. The van der Waals surface area contributed by atoms with Gasteiger partial charge >= 0.3 is 0 Å². The minimum absolute atomic E-state index is 0.143. The SMILES string of the molecule is Nc1ccccc1CCC(=O)NCC(O)C(F)F. The van der Waals surface area contributed by atoms with Crippen molar-refractivity contribution in [2.75, 3.05) is 12.3 Å². The number of nitrogens with one attached hydrogen (secondary N) is 1. The van der Waals surface area contributed by atoms with Gasteiger partial charge in [-0.05, 0) is 18.1 Å². The zero-order valence-electron chi connectivity index (χ0n) is 9.77. The number of halogens is 2. The van der Waals surface area contributed by atoms with Gasteiger partial charge in [-0.1, -0.05) is 18.2 Å². The molecule has 0 radical (unpaired) electrons. The van der Waals surface area contributed by atoms with Gasteiger partial charge in [0, 0.05) is 18.7 Å². The second-order valence-electron chi connectivity index (χ2n) is 3.90. The fourth-order valence-electron chi connectivity index (χ4n) is 1.41. The van der Waals surface area contributed by atoms with Crippen LogP contribution in [0.4, 0.5) is 14.5 Å². The number of carbonyl (C=O) groups is 1. The Morgan fingerprint density at radius 1 is 1.39 bits per heavy atom. The van der Waals surface area contributed by atoms with E-state index < -0.39 is 25.0 Å². The normalized spacial score (nSPS) is 12.4. The Labute approximate surface area is 104 Å². The van der Waals surface area contributed by atoms with Gasteiger partial charge in [0.15, 0.2) is 0 Å². The van der Waals surface area contributed by atoms with E-state index in [9.17, 15) is 13.6 Å². The van der Waals surface area contributed by atoms with Crippen LogP contribution in [0, 0.1) is 0 Å². The third kappa shape index (κ3) is 4.67. The van der Waals surface area contributed by atoms with Crippen LogP contribution >= 0.6 is 0 Å². The average molecular weight is 258 g/mol. The van der Waals surface area contributed by atoms with Crippen molar-refractivity contribution in [2.24, 2.45) is 0 Å². The molecule has 0 spiro atoms. The summed E-state index contributed by atoms with van der Waals surface area (Å²) in [4.78, 5) is 11.3. The quantitative estimate of drug-likeness (QED) is 0.665. The molecule has 0 heterocycles. The van der Waals surface area contributed by atoms with Crippen LogP contribution in [0.5, 0.6) is 0 Å². The molecular formula is C12H16F2N2O2. The van der Waals surface area contributed by atoms with E-state index in [-0.39, 0.29) is 6.42 Å². The number of carbonyl (C=O) groups excluding carboxylic acids is 1. The predicted molar refractivity (Wildman–Crippen MR) is 64.2 cm³/mol. The molecule has 1 amide bonds. The third-order valence-electron chi connectivity index (χ3n) is 2.48. The highest BCUT2D eigenvalue weighted by atomic mass is 19.3. The number of alkyl halides is 2. The number of aliphatic hydroxyl groups is 1. The van der Waals surface area contributed by atoms with E-state index in [2.05, 4.69) is 5.32 Å². The monoisotopic (exact) mass is 258 g/mol. The minimum Gasteiger partial charge on any atom is -0.399 e. The molecule has 0 saturated carbocycles. The van der Waals surface area contributed by atoms with E-state index >= 15 is 0 Å². The molecular weight excluding hydrogens is 242 g/mol. The summed E-state index contributed by atoms with van der Waals surface area (Å²) in [5, 5.41) is 11.1. The number of hydrogen-bond donors (Lipinski definition) is 3. The summed E-state index contributed by atoms with van der Waals surface area (Å²) in [5.74, 6) is -0.391. The van der Waals surface area contributed by atoms with Crippen molar-refractivity contribution in [2.45, 2.75) is 25.4 Å². The molecule has 0 aliphatic rings. The van der Waals surface area contributed by atoms with E-state index in [1.54, 1.807) is 18.2 Å². The number of rotatable bonds is 6. The molecule has 1 atom stereocenters. The van der Waals surface area contributed by atoms with Crippen LogP contribution in [0.3, 0.4) is 0 Å². The lowest BCUT2D eigenvalue weighted by molar-refractivity contribution is -0.122. The van der Waals surface area contributed by atoms with Crippen LogP contribution in [0.15, 0.2) is 24.3 Å². The van der Waals surface area contributed by atoms with Crippen molar-refractivity contribution in [1.29, 1.82) is 0 Å². The maximum atomic E-state index is 12.0. The Bertz CT molecular complexity index is 399. The molecule has 0 fully saturated rings. The first kappa shape index (κ1) is 14.4. The van der Waals surface area contributed by atoms with Gasteiger partial charge in [0.1, 0.15) is 6.10 Å². The Hall–Kier alpha value is -1.69. The Balaban J connectivity index is 2.32. The first-order valence-corrected chi connectivity index (χ1v) is 5.57. The Kier molecular flexibility index (Phi) is 5.51. The van der Waals surface area contributed by atoms with Crippen LogP contribution in [-0.2, 0) is 11.2 Å². The molecule has 6 heteroatoms. The summed E-state index contributed by atoms with van der Waals surface area (Å²) in [6, 6.07) is 7.13. The lowest BCUT2D eigenvalue weighted by Gasteiger charge is -2.11. The van der Waals surface area contributed by atoms with E-state index in [1.165, 1.54) is 0 Å². The van der Waals surface area contributed by atoms with Crippen molar-refractivity contribution in [1.82, 2.24) is 5.32 Å².